The Hall–Kier alpha value is -2.01. The Morgan fingerprint density at radius 1 is 1.36 bits per heavy atom. The van der Waals surface area contributed by atoms with Crippen molar-refractivity contribution in [2.75, 3.05) is 13.7 Å². The van der Waals surface area contributed by atoms with Crippen LogP contribution in [0.2, 0.25) is 5.02 Å². The molecular weight excluding hydrogens is 308 g/mol. The molecule has 0 aromatic heterocycles. The highest BCUT2D eigenvalue weighted by Gasteiger charge is 2.19. The van der Waals surface area contributed by atoms with Gasteiger partial charge in [0.15, 0.2) is 0 Å². The van der Waals surface area contributed by atoms with Crippen LogP contribution in [0.5, 0.6) is 5.75 Å². The summed E-state index contributed by atoms with van der Waals surface area (Å²) in [6, 6.07) is 1.69. The highest BCUT2D eigenvalue weighted by molar-refractivity contribution is 6.39. The van der Waals surface area contributed by atoms with Crippen LogP contribution in [0.15, 0.2) is 12.1 Å². The molecule has 1 rings (SSSR count). The molecule has 6 heteroatoms. The molecule has 0 spiro atoms. The minimum Gasteiger partial charge on any atom is -0.507 e. The second-order valence-corrected chi connectivity index (χ2v) is 5.12. The maximum atomic E-state index is 11.6. The first kappa shape index (κ1) is 18.0. The van der Waals surface area contributed by atoms with Gasteiger partial charge in [-0.2, -0.15) is 0 Å². The molecular formula is C16H19ClO5. The fourth-order valence-electron chi connectivity index (χ4n) is 1.92. The number of ketones is 1. The molecule has 1 aromatic carbocycles. The molecule has 0 fully saturated rings. The topological polar surface area (TPSA) is 72.8 Å². The summed E-state index contributed by atoms with van der Waals surface area (Å²) in [4.78, 5) is 22.7. The Morgan fingerprint density at radius 3 is 2.55 bits per heavy atom. The smallest absolute Gasteiger partial charge is 0.378 e. The van der Waals surface area contributed by atoms with Gasteiger partial charge in [-0.1, -0.05) is 18.5 Å². The van der Waals surface area contributed by atoms with Crippen molar-refractivity contribution in [3.63, 3.8) is 0 Å². The molecule has 0 atom stereocenters. The van der Waals surface area contributed by atoms with E-state index < -0.39 is 11.8 Å². The number of carbonyl (C=O) groups excluding carboxylic acids is 2. The first-order chi connectivity index (χ1) is 10.3. The zero-order valence-electron chi connectivity index (χ0n) is 13.0. The van der Waals surface area contributed by atoms with Crippen molar-refractivity contribution in [1.29, 1.82) is 0 Å². The van der Waals surface area contributed by atoms with E-state index >= 15 is 0 Å². The molecule has 0 aliphatic heterocycles. The van der Waals surface area contributed by atoms with E-state index in [-0.39, 0.29) is 5.76 Å². The average Bonchev–Trinajstić information content (AvgIpc) is 2.49. The molecule has 0 bridgehead atoms. The largest absolute Gasteiger partial charge is 0.507 e. The molecule has 0 radical (unpaired) electrons. The van der Waals surface area contributed by atoms with Gasteiger partial charge in [0.25, 0.3) is 5.78 Å². The van der Waals surface area contributed by atoms with Gasteiger partial charge >= 0.3 is 5.97 Å². The molecule has 0 aliphatic rings. The van der Waals surface area contributed by atoms with E-state index in [9.17, 15) is 14.7 Å². The van der Waals surface area contributed by atoms with Crippen LogP contribution in [0.1, 0.15) is 30.0 Å². The highest BCUT2D eigenvalue weighted by Crippen LogP contribution is 2.35. The minimum absolute atomic E-state index is 0.293. The molecule has 0 saturated heterocycles. The summed E-state index contributed by atoms with van der Waals surface area (Å²) in [5, 5.41) is 10.7. The third kappa shape index (κ3) is 4.01. The SMILES string of the molecule is CCCOc1cc(C)c(Cl)c(C)c1/C(O)=C/C(=O)C(=O)OC. The monoisotopic (exact) mass is 326 g/mol. The number of rotatable bonds is 6. The van der Waals surface area contributed by atoms with E-state index in [1.165, 1.54) is 0 Å². The lowest BCUT2D eigenvalue weighted by Gasteiger charge is -2.16. The van der Waals surface area contributed by atoms with E-state index in [2.05, 4.69) is 4.74 Å². The van der Waals surface area contributed by atoms with Crippen LogP contribution in [0.3, 0.4) is 0 Å². The number of aliphatic hydroxyl groups excluding tert-OH is 1. The minimum atomic E-state index is -1.06. The van der Waals surface area contributed by atoms with Crippen molar-refractivity contribution in [3.05, 3.63) is 33.9 Å². The normalized spacial score (nSPS) is 11.2. The number of benzene rings is 1. The molecule has 5 nitrogen and oxygen atoms in total. The Morgan fingerprint density at radius 2 is 2.00 bits per heavy atom. The van der Waals surface area contributed by atoms with E-state index in [0.717, 1.165) is 25.2 Å². The third-order valence-electron chi connectivity index (χ3n) is 3.02. The number of aryl methyl sites for hydroxylation is 1. The van der Waals surface area contributed by atoms with E-state index in [0.29, 0.717) is 28.5 Å². The van der Waals surface area contributed by atoms with Gasteiger partial charge in [0.1, 0.15) is 11.5 Å². The van der Waals surface area contributed by atoms with E-state index in [1.54, 1.807) is 13.0 Å². The van der Waals surface area contributed by atoms with E-state index in [4.69, 9.17) is 16.3 Å². The number of ether oxygens (including phenoxy) is 2. The van der Waals surface area contributed by atoms with Crippen LogP contribution in [-0.2, 0) is 14.3 Å². The lowest BCUT2D eigenvalue weighted by Crippen LogP contribution is -2.13. The molecule has 22 heavy (non-hydrogen) atoms. The van der Waals surface area contributed by atoms with Gasteiger partial charge in [0.2, 0.25) is 0 Å². The fourth-order valence-corrected chi connectivity index (χ4v) is 2.07. The molecule has 1 aromatic rings. The second kappa shape index (κ2) is 7.84. The number of methoxy groups -OCH3 is 1. The number of esters is 1. The van der Waals surface area contributed by atoms with Crippen LogP contribution in [0.4, 0.5) is 0 Å². The molecule has 0 amide bonds. The Balaban J connectivity index is 3.37. The quantitative estimate of drug-likeness (QED) is 0.375. The summed E-state index contributed by atoms with van der Waals surface area (Å²) in [6.45, 7) is 5.92. The van der Waals surface area contributed by atoms with E-state index in [1.807, 2.05) is 13.8 Å². The van der Waals surface area contributed by atoms with Crippen LogP contribution < -0.4 is 4.74 Å². The highest BCUT2D eigenvalue weighted by atomic mass is 35.5. The lowest BCUT2D eigenvalue weighted by molar-refractivity contribution is -0.149. The van der Waals surface area contributed by atoms with Crippen molar-refractivity contribution in [2.24, 2.45) is 0 Å². The van der Waals surface area contributed by atoms with Crippen molar-refractivity contribution >= 4 is 29.1 Å². The first-order valence-corrected chi connectivity index (χ1v) is 7.17. The molecule has 0 unspecified atom stereocenters. The van der Waals surface area contributed by atoms with Gasteiger partial charge in [-0.15, -0.1) is 0 Å². The van der Waals surface area contributed by atoms with Crippen LogP contribution in [-0.4, -0.2) is 30.6 Å². The maximum absolute atomic E-state index is 11.6. The molecule has 1 N–H and O–H groups in total. The van der Waals surface area contributed by atoms with Crippen molar-refractivity contribution in [3.8, 4) is 5.75 Å². The second-order valence-electron chi connectivity index (χ2n) is 4.74. The Bertz CT molecular complexity index is 619. The number of carbonyl (C=O) groups is 2. The molecule has 0 heterocycles. The first-order valence-electron chi connectivity index (χ1n) is 6.79. The van der Waals surface area contributed by atoms with Gasteiger partial charge in [-0.25, -0.2) is 4.79 Å². The van der Waals surface area contributed by atoms with Crippen molar-refractivity contribution in [2.45, 2.75) is 27.2 Å². The van der Waals surface area contributed by atoms with Crippen molar-refractivity contribution < 1.29 is 24.2 Å². The predicted molar refractivity (Wildman–Crippen MR) is 84.3 cm³/mol. The summed E-state index contributed by atoms with van der Waals surface area (Å²) in [6.07, 6.45) is 1.59. The van der Waals surface area contributed by atoms with Crippen molar-refractivity contribution in [1.82, 2.24) is 0 Å². The molecule has 120 valence electrons. The van der Waals surface area contributed by atoms with Crippen LogP contribution >= 0.6 is 11.6 Å². The summed E-state index contributed by atoms with van der Waals surface area (Å²) in [7, 11) is 1.09. The maximum Gasteiger partial charge on any atom is 0.378 e. The zero-order chi connectivity index (χ0) is 16.9. The van der Waals surface area contributed by atoms with Gasteiger partial charge in [-0.3, -0.25) is 4.79 Å². The van der Waals surface area contributed by atoms with Crippen LogP contribution in [0, 0.1) is 13.8 Å². The predicted octanol–water partition coefficient (Wildman–Crippen LogP) is 3.39. The third-order valence-corrected chi connectivity index (χ3v) is 3.60. The van der Waals surface area contributed by atoms with Gasteiger partial charge in [0.05, 0.1) is 19.3 Å². The summed E-state index contributed by atoms with van der Waals surface area (Å²) in [5.41, 5.74) is 1.65. The lowest BCUT2D eigenvalue weighted by atomic mass is 10.0. The number of hydrogen-bond acceptors (Lipinski definition) is 5. The number of halogens is 1. The van der Waals surface area contributed by atoms with Gasteiger partial charge < -0.3 is 14.6 Å². The summed E-state index contributed by atoms with van der Waals surface area (Å²) < 4.78 is 9.92. The zero-order valence-corrected chi connectivity index (χ0v) is 13.8. The van der Waals surface area contributed by atoms with Crippen LogP contribution in [0.25, 0.3) is 5.76 Å². The Labute approximate surface area is 134 Å². The average molecular weight is 327 g/mol. The Kier molecular flexibility index (Phi) is 6.43. The summed E-state index contributed by atoms with van der Waals surface area (Å²) in [5.74, 6) is -2.00. The summed E-state index contributed by atoms with van der Waals surface area (Å²) >= 11 is 6.19. The number of hydrogen-bond donors (Lipinski definition) is 1. The fraction of sp³-hybridized carbons (Fsp3) is 0.375. The van der Waals surface area contributed by atoms with Gasteiger partial charge in [0, 0.05) is 11.1 Å². The van der Waals surface area contributed by atoms with Gasteiger partial charge in [-0.05, 0) is 37.5 Å². The molecule has 0 aliphatic carbocycles. The number of aliphatic hydroxyl groups is 1. The standard InChI is InChI=1S/C16H19ClO5/c1-5-6-22-13-7-9(2)15(17)10(3)14(13)11(18)8-12(19)16(20)21-4/h7-8,18H,5-6H2,1-4H3/b11-8-. The molecule has 0 saturated carbocycles.